The summed E-state index contributed by atoms with van der Waals surface area (Å²) < 4.78 is 0. The SMILES string of the molecule is CC[C]1C(C)=C(CC)C2=C1CCCC2. The van der Waals surface area contributed by atoms with Crippen molar-refractivity contribution in [1.82, 2.24) is 0 Å². The predicted molar refractivity (Wildman–Crippen MR) is 62.0 cm³/mol. The molecule has 0 spiro atoms. The summed E-state index contributed by atoms with van der Waals surface area (Å²) >= 11 is 0. The Labute approximate surface area is 88.1 Å². The Hall–Kier alpha value is -0.520. The van der Waals surface area contributed by atoms with Crippen molar-refractivity contribution in [2.75, 3.05) is 0 Å². The molecular formula is C14H21. The second-order valence-electron chi connectivity index (χ2n) is 4.45. The fourth-order valence-electron chi connectivity index (χ4n) is 3.16. The first kappa shape index (κ1) is 10.0. The number of hydrogen-bond donors (Lipinski definition) is 0. The molecule has 1 radical (unpaired) electrons. The first-order valence-corrected chi connectivity index (χ1v) is 6.08. The van der Waals surface area contributed by atoms with Gasteiger partial charge >= 0.3 is 0 Å². The summed E-state index contributed by atoms with van der Waals surface area (Å²) in [5.74, 6) is 1.68. The Morgan fingerprint density at radius 3 is 2.14 bits per heavy atom. The molecule has 0 heterocycles. The summed E-state index contributed by atoms with van der Waals surface area (Å²) in [5.41, 5.74) is 6.75. The van der Waals surface area contributed by atoms with Gasteiger partial charge in [-0.3, -0.25) is 0 Å². The second-order valence-corrected chi connectivity index (χ2v) is 4.45. The zero-order chi connectivity index (χ0) is 10.1. The molecule has 2 aliphatic carbocycles. The molecule has 0 saturated carbocycles. The molecule has 0 aromatic carbocycles. The van der Waals surface area contributed by atoms with Gasteiger partial charge in [-0.15, -0.1) is 0 Å². The first-order valence-electron chi connectivity index (χ1n) is 6.08. The fourth-order valence-corrected chi connectivity index (χ4v) is 3.16. The van der Waals surface area contributed by atoms with Crippen molar-refractivity contribution in [3.63, 3.8) is 0 Å². The normalized spacial score (nSPS) is 23.4. The van der Waals surface area contributed by atoms with Gasteiger partial charge in [0.25, 0.3) is 0 Å². The predicted octanol–water partition coefficient (Wildman–Crippen LogP) is 4.58. The van der Waals surface area contributed by atoms with Crippen LogP contribution in [0.15, 0.2) is 22.3 Å². The Balaban J connectivity index is 2.38. The Morgan fingerprint density at radius 2 is 1.57 bits per heavy atom. The van der Waals surface area contributed by atoms with Crippen LogP contribution in [0.2, 0.25) is 0 Å². The third kappa shape index (κ3) is 1.36. The maximum absolute atomic E-state index is 2.33. The molecule has 0 atom stereocenters. The van der Waals surface area contributed by atoms with Crippen LogP contribution in [-0.4, -0.2) is 0 Å². The quantitative estimate of drug-likeness (QED) is 0.596. The molecule has 77 valence electrons. The third-order valence-electron chi connectivity index (χ3n) is 3.81. The highest BCUT2D eigenvalue weighted by molar-refractivity contribution is 5.59. The van der Waals surface area contributed by atoms with Gasteiger partial charge in [0, 0.05) is 5.92 Å². The summed E-state index contributed by atoms with van der Waals surface area (Å²) in [7, 11) is 0. The van der Waals surface area contributed by atoms with Crippen molar-refractivity contribution in [1.29, 1.82) is 0 Å². The summed E-state index contributed by atoms with van der Waals surface area (Å²) in [6, 6.07) is 0. The van der Waals surface area contributed by atoms with E-state index < -0.39 is 0 Å². The average molecular weight is 189 g/mol. The molecule has 14 heavy (non-hydrogen) atoms. The van der Waals surface area contributed by atoms with E-state index in [0.29, 0.717) is 0 Å². The van der Waals surface area contributed by atoms with Crippen LogP contribution in [0.3, 0.4) is 0 Å². The lowest BCUT2D eigenvalue weighted by atomic mass is 9.85. The van der Waals surface area contributed by atoms with E-state index in [1.54, 1.807) is 28.2 Å². The Bertz CT molecular complexity index is 291. The van der Waals surface area contributed by atoms with Crippen LogP contribution in [0.25, 0.3) is 0 Å². The molecule has 0 aromatic heterocycles. The maximum Gasteiger partial charge on any atom is 0.0258 e. The smallest absolute Gasteiger partial charge is 0.0258 e. The molecular weight excluding hydrogens is 168 g/mol. The van der Waals surface area contributed by atoms with Crippen molar-refractivity contribution in [3.05, 3.63) is 28.2 Å². The molecule has 0 bridgehead atoms. The molecule has 0 heteroatoms. The van der Waals surface area contributed by atoms with Gasteiger partial charge in [-0.2, -0.15) is 0 Å². The molecule has 2 aliphatic rings. The van der Waals surface area contributed by atoms with Gasteiger partial charge in [0.1, 0.15) is 0 Å². The molecule has 2 rings (SSSR count). The summed E-state index contributed by atoms with van der Waals surface area (Å²) in [6.07, 6.45) is 7.97. The number of rotatable bonds is 2. The van der Waals surface area contributed by atoms with Crippen LogP contribution in [0.5, 0.6) is 0 Å². The summed E-state index contributed by atoms with van der Waals surface area (Å²) in [4.78, 5) is 0. The molecule has 0 nitrogen and oxygen atoms in total. The Morgan fingerprint density at radius 1 is 0.929 bits per heavy atom. The topological polar surface area (TPSA) is 0 Å². The molecule has 0 amide bonds. The van der Waals surface area contributed by atoms with Gasteiger partial charge in [0.2, 0.25) is 0 Å². The highest BCUT2D eigenvalue weighted by atomic mass is 14.3. The van der Waals surface area contributed by atoms with Gasteiger partial charge in [0.15, 0.2) is 0 Å². The van der Waals surface area contributed by atoms with Gasteiger partial charge in [-0.25, -0.2) is 0 Å². The minimum atomic E-state index is 1.23. The van der Waals surface area contributed by atoms with Crippen molar-refractivity contribution in [3.8, 4) is 0 Å². The Kier molecular flexibility index (Phi) is 2.80. The minimum Gasteiger partial charge on any atom is -0.0642 e. The highest BCUT2D eigenvalue weighted by Crippen LogP contribution is 2.47. The highest BCUT2D eigenvalue weighted by Gasteiger charge is 2.30. The van der Waals surface area contributed by atoms with Crippen LogP contribution in [0.4, 0.5) is 0 Å². The number of allylic oxidation sites excluding steroid dienone is 4. The van der Waals surface area contributed by atoms with Crippen LogP contribution >= 0.6 is 0 Å². The number of hydrogen-bond acceptors (Lipinski definition) is 0. The van der Waals surface area contributed by atoms with Crippen LogP contribution in [0.1, 0.15) is 59.3 Å². The van der Waals surface area contributed by atoms with Gasteiger partial charge in [-0.05, 0) is 56.6 Å². The first-order chi connectivity index (χ1) is 6.79. The van der Waals surface area contributed by atoms with E-state index in [4.69, 9.17) is 0 Å². The van der Waals surface area contributed by atoms with Crippen molar-refractivity contribution in [2.24, 2.45) is 0 Å². The lowest BCUT2D eigenvalue weighted by molar-refractivity contribution is 0.673. The lowest BCUT2D eigenvalue weighted by Gasteiger charge is -2.19. The van der Waals surface area contributed by atoms with Crippen molar-refractivity contribution < 1.29 is 0 Å². The van der Waals surface area contributed by atoms with E-state index in [1.165, 1.54) is 38.5 Å². The van der Waals surface area contributed by atoms with Crippen LogP contribution in [-0.2, 0) is 0 Å². The zero-order valence-electron chi connectivity index (χ0n) is 9.74. The molecule has 0 aliphatic heterocycles. The van der Waals surface area contributed by atoms with Crippen LogP contribution < -0.4 is 0 Å². The standard InChI is InChI=1S/C14H21/c1-4-11-10(3)12(5-2)14-9-7-6-8-13(11)14/h4-9H2,1-3H3. The van der Waals surface area contributed by atoms with E-state index in [9.17, 15) is 0 Å². The van der Waals surface area contributed by atoms with Gasteiger partial charge < -0.3 is 0 Å². The van der Waals surface area contributed by atoms with E-state index in [1.807, 2.05) is 0 Å². The lowest BCUT2D eigenvalue weighted by Crippen LogP contribution is -2.02. The maximum atomic E-state index is 2.33. The third-order valence-corrected chi connectivity index (χ3v) is 3.81. The van der Waals surface area contributed by atoms with E-state index in [-0.39, 0.29) is 0 Å². The molecule has 0 saturated heterocycles. The summed E-state index contributed by atoms with van der Waals surface area (Å²) in [5, 5.41) is 0. The molecule has 0 aromatic rings. The van der Waals surface area contributed by atoms with E-state index >= 15 is 0 Å². The van der Waals surface area contributed by atoms with Gasteiger partial charge in [0.05, 0.1) is 0 Å². The average Bonchev–Trinajstić information content (AvgIpc) is 2.49. The monoisotopic (exact) mass is 189 g/mol. The molecule has 0 N–H and O–H groups in total. The van der Waals surface area contributed by atoms with Gasteiger partial charge in [-0.1, -0.05) is 25.0 Å². The molecule has 0 unspecified atom stereocenters. The second kappa shape index (κ2) is 3.92. The summed E-state index contributed by atoms with van der Waals surface area (Å²) in [6.45, 7) is 6.93. The largest absolute Gasteiger partial charge is 0.0642 e. The zero-order valence-corrected chi connectivity index (χ0v) is 9.74. The fraction of sp³-hybridized carbons (Fsp3) is 0.643. The van der Waals surface area contributed by atoms with Crippen molar-refractivity contribution in [2.45, 2.75) is 59.3 Å². The minimum absolute atomic E-state index is 1.23. The van der Waals surface area contributed by atoms with Crippen molar-refractivity contribution >= 4 is 0 Å². The molecule has 0 fully saturated rings. The van der Waals surface area contributed by atoms with E-state index in [2.05, 4.69) is 20.8 Å². The van der Waals surface area contributed by atoms with Crippen LogP contribution in [0, 0.1) is 5.92 Å². The van der Waals surface area contributed by atoms with E-state index in [0.717, 1.165) is 0 Å².